The summed E-state index contributed by atoms with van der Waals surface area (Å²) in [7, 11) is 0. The molecule has 0 aliphatic carbocycles. The van der Waals surface area contributed by atoms with E-state index in [1.54, 1.807) is 6.20 Å². The molecule has 2 aromatic heterocycles. The number of aryl methyl sites for hydroxylation is 1. The lowest BCUT2D eigenvalue weighted by atomic mass is 10.0. The van der Waals surface area contributed by atoms with Crippen molar-refractivity contribution < 1.29 is 9.52 Å². The zero-order valence-electron chi connectivity index (χ0n) is 12.4. The number of benzene rings is 1. The third-order valence-electron chi connectivity index (χ3n) is 3.46. The molecule has 0 spiro atoms. The van der Waals surface area contributed by atoms with E-state index in [2.05, 4.69) is 29.4 Å². The Morgan fingerprint density at radius 3 is 2.82 bits per heavy atom. The van der Waals surface area contributed by atoms with Crippen LogP contribution in [-0.4, -0.2) is 10.1 Å². The number of rotatable bonds is 6. The second-order valence-electron chi connectivity index (χ2n) is 5.13. The van der Waals surface area contributed by atoms with Gasteiger partial charge in [-0.05, 0) is 30.2 Å². The van der Waals surface area contributed by atoms with E-state index >= 15 is 0 Å². The second kappa shape index (κ2) is 6.87. The summed E-state index contributed by atoms with van der Waals surface area (Å²) < 4.78 is 5.31. The first-order valence-corrected chi connectivity index (χ1v) is 7.95. The number of aliphatic hydroxyl groups excluding tert-OH is 1. The monoisotopic (exact) mass is 314 g/mol. The molecule has 1 aromatic carbocycles. The van der Waals surface area contributed by atoms with Crippen LogP contribution in [-0.2, 0) is 19.7 Å². The normalized spacial score (nSPS) is 11.0. The molecule has 0 unspecified atom stereocenters. The minimum atomic E-state index is -0.0198. The number of hydrogen-bond donors (Lipinski definition) is 2. The molecule has 2 heterocycles. The Bertz CT molecular complexity index is 735. The predicted octanol–water partition coefficient (Wildman–Crippen LogP) is 3.49. The molecule has 0 radical (unpaired) electrons. The van der Waals surface area contributed by atoms with E-state index in [1.807, 2.05) is 29.5 Å². The largest absolute Gasteiger partial charge is 0.444 e. The Morgan fingerprint density at radius 2 is 2.14 bits per heavy atom. The van der Waals surface area contributed by atoms with Crippen molar-refractivity contribution in [1.82, 2.24) is 10.3 Å². The molecule has 0 aliphatic rings. The van der Waals surface area contributed by atoms with Gasteiger partial charge in [0.2, 0.25) is 0 Å². The van der Waals surface area contributed by atoms with Gasteiger partial charge in [0.25, 0.3) is 0 Å². The summed E-state index contributed by atoms with van der Waals surface area (Å²) in [6.07, 6.45) is 3.06. The Hall–Kier alpha value is -1.95. The van der Waals surface area contributed by atoms with Crippen LogP contribution in [0.4, 0.5) is 0 Å². The molecular formula is C17H18N2O2S. The number of nitrogens with zero attached hydrogens (tertiary/aromatic N) is 1. The lowest BCUT2D eigenvalue weighted by molar-refractivity contribution is 0.282. The molecule has 0 aliphatic heterocycles. The minimum Gasteiger partial charge on any atom is -0.444 e. The van der Waals surface area contributed by atoms with Gasteiger partial charge >= 0.3 is 0 Å². The quantitative estimate of drug-likeness (QED) is 0.731. The molecule has 2 N–H and O–H groups in total. The molecule has 4 nitrogen and oxygen atoms in total. The average Bonchev–Trinajstić information content (AvgIpc) is 3.19. The van der Waals surface area contributed by atoms with E-state index < -0.39 is 0 Å². The Kier molecular flexibility index (Phi) is 4.68. The van der Waals surface area contributed by atoms with E-state index in [4.69, 9.17) is 4.42 Å². The fraction of sp³-hybridized carbons (Fsp3) is 0.235. The lowest BCUT2D eigenvalue weighted by Crippen LogP contribution is -2.12. The van der Waals surface area contributed by atoms with Gasteiger partial charge in [0.1, 0.15) is 0 Å². The first-order valence-electron chi connectivity index (χ1n) is 7.14. The first-order chi connectivity index (χ1) is 10.8. The Labute approximate surface area is 133 Å². The highest BCUT2D eigenvalue weighted by molar-refractivity contribution is 7.11. The second-order valence-corrected chi connectivity index (χ2v) is 6.50. The highest BCUT2D eigenvalue weighted by Crippen LogP contribution is 2.24. The molecule has 5 heteroatoms. The van der Waals surface area contributed by atoms with E-state index in [9.17, 15) is 5.11 Å². The van der Waals surface area contributed by atoms with Gasteiger partial charge in [0, 0.05) is 28.4 Å². The molecule has 0 amide bonds. The fourth-order valence-corrected chi connectivity index (χ4v) is 3.25. The van der Waals surface area contributed by atoms with Gasteiger partial charge in [0.15, 0.2) is 12.2 Å². The van der Waals surface area contributed by atoms with Crippen molar-refractivity contribution in [2.24, 2.45) is 0 Å². The highest BCUT2D eigenvalue weighted by Gasteiger charge is 2.08. The lowest BCUT2D eigenvalue weighted by Gasteiger charge is -2.09. The number of thiophene rings is 1. The van der Waals surface area contributed by atoms with E-state index in [0.717, 1.165) is 29.8 Å². The molecule has 0 bridgehead atoms. The van der Waals surface area contributed by atoms with Crippen molar-refractivity contribution in [3.8, 4) is 11.3 Å². The number of nitrogens with one attached hydrogen (secondary N) is 1. The number of aromatic nitrogens is 1. The SMILES string of the molecule is Cc1ccc(CNCc2ccc(-c3cnco3)c(CO)c2)s1. The molecule has 0 saturated carbocycles. The summed E-state index contributed by atoms with van der Waals surface area (Å²) in [5, 5.41) is 13.0. The molecule has 0 atom stereocenters. The Morgan fingerprint density at radius 1 is 1.23 bits per heavy atom. The van der Waals surface area contributed by atoms with Gasteiger partial charge < -0.3 is 14.8 Å². The maximum Gasteiger partial charge on any atom is 0.181 e. The zero-order chi connectivity index (χ0) is 15.4. The van der Waals surface area contributed by atoms with Crippen molar-refractivity contribution in [1.29, 1.82) is 0 Å². The molecular weight excluding hydrogens is 296 g/mol. The molecule has 0 fully saturated rings. The number of aliphatic hydroxyl groups is 1. The average molecular weight is 314 g/mol. The molecule has 114 valence electrons. The third kappa shape index (κ3) is 3.44. The van der Waals surface area contributed by atoms with Crippen molar-refractivity contribution in [2.45, 2.75) is 26.6 Å². The van der Waals surface area contributed by atoms with Gasteiger partial charge in [-0.3, -0.25) is 0 Å². The van der Waals surface area contributed by atoms with Crippen LogP contribution >= 0.6 is 11.3 Å². The summed E-state index contributed by atoms with van der Waals surface area (Å²) in [6, 6.07) is 10.3. The zero-order valence-corrected chi connectivity index (χ0v) is 13.2. The van der Waals surface area contributed by atoms with Gasteiger partial charge in [-0.2, -0.15) is 0 Å². The van der Waals surface area contributed by atoms with Crippen molar-refractivity contribution in [3.63, 3.8) is 0 Å². The molecule has 3 aromatic rings. The van der Waals surface area contributed by atoms with Crippen molar-refractivity contribution in [2.75, 3.05) is 0 Å². The maximum atomic E-state index is 9.57. The topological polar surface area (TPSA) is 58.3 Å². The van der Waals surface area contributed by atoms with E-state index in [-0.39, 0.29) is 6.61 Å². The van der Waals surface area contributed by atoms with Crippen LogP contribution in [0, 0.1) is 6.92 Å². The number of hydrogen-bond acceptors (Lipinski definition) is 5. The Balaban J connectivity index is 1.67. The van der Waals surface area contributed by atoms with Gasteiger partial charge in [-0.15, -0.1) is 11.3 Å². The third-order valence-corrected chi connectivity index (χ3v) is 4.46. The highest BCUT2D eigenvalue weighted by atomic mass is 32.1. The van der Waals surface area contributed by atoms with Crippen LogP contribution in [0.1, 0.15) is 20.9 Å². The number of oxazole rings is 1. The summed E-state index contributed by atoms with van der Waals surface area (Å²) in [6.45, 7) is 3.72. The van der Waals surface area contributed by atoms with Gasteiger partial charge in [0.05, 0.1) is 12.8 Å². The summed E-state index contributed by atoms with van der Waals surface area (Å²) in [5.74, 6) is 0.678. The first kappa shape index (κ1) is 15.0. The van der Waals surface area contributed by atoms with Crippen LogP contribution in [0.25, 0.3) is 11.3 Å². The van der Waals surface area contributed by atoms with Gasteiger partial charge in [-0.25, -0.2) is 4.98 Å². The summed E-state index contributed by atoms with van der Waals surface area (Å²) >= 11 is 1.81. The summed E-state index contributed by atoms with van der Waals surface area (Å²) in [5.41, 5.74) is 2.88. The molecule has 0 saturated heterocycles. The van der Waals surface area contributed by atoms with Crippen LogP contribution in [0.15, 0.2) is 47.3 Å². The van der Waals surface area contributed by atoms with Crippen molar-refractivity contribution >= 4 is 11.3 Å². The van der Waals surface area contributed by atoms with E-state index in [1.165, 1.54) is 16.1 Å². The standard InChI is InChI=1S/C17H18N2O2S/c1-12-2-4-15(22-12)8-18-7-13-3-5-16(14(6-13)10-20)17-9-19-11-21-17/h2-6,9,11,18,20H,7-8,10H2,1H3. The molecule has 22 heavy (non-hydrogen) atoms. The van der Waals surface area contributed by atoms with Crippen molar-refractivity contribution in [3.05, 3.63) is 63.8 Å². The van der Waals surface area contributed by atoms with Crippen LogP contribution in [0.3, 0.4) is 0 Å². The predicted molar refractivity (Wildman–Crippen MR) is 87.5 cm³/mol. The fourth-order valence-electron chi connectivity index (χ4n) is 2.39. The van der Waals surface area contributed by atoms with Crippen LogP contribution in [0.2, 0.25) is 0 Å². The smallest absolute Gasteiger partial charge is 0.181 e. The summed E-state index contributed by atoms with van der Waals surface area (Å²) in [4.78, 5) is 6.58. The maximum absolute atomic E-state index is 9.57. The van der Waals surface area contributed by atoms with Crippen LogP contribution < -0.4 is 5.32 Å². The van der Waals surface area contributed by atoms with Gasteiger partial charge in [-0.1, -0.05) is 18.2 Å². The van der Waals surface area contributed by atoms with E-state index in [0.29, 0.717) is 5.76 Å². The van der Waals surface area contributed by atoms with Crippen LogP contribution in [0.5, 0.6) is 0 Å². The minimum absolute atomic E-state index is 0.0198. The molecule has 3 rings (SSSR count).